The van der Waals surface area contributed by atoms with Gasteiger partial charge in [0.15, 0.2) is 11.6 Å². The topological polar surface area (TPSA) is 81.1 Å². The van der Waals surface area contributed by atoms with Crippen LogP contribution in [0.25, 0.3) is 11.0 Å². The van der Waals surface area contributed by atoms with Crippen LogP contribution in [0.5, 0.6) is 0 Å². The monoisotopic (exact) mass is 499 g/mol. The lowest BCUT2D eigenvalue weighted by Gasteiger charge is -2.30. The number of fused-ring (bicyclic) bond motifs is 3. The first kappa shape index (κ1) is 25.3. The smallest absolute Gasteiger partial charge is 0.475 e. The van der Waals surface area contributed by atoms with E-state index in [4.69, 9.17) is 15.6 Å². The van der Waals surface area contributed by atoms with Crippen LogP contribution in [0.4, 0.5) is 39.5 Å². The first-order valence-electron chi connectivity index (χ1n) is 9.36. The first-order chi connectivity index (χ1) is 15.6. The second-order valence-corrected chi connectivity index (χ2v) is 7.41. The second kappa shape index (κ2) is 8.81. The number of halogens is 9. The minimum absolute atomic E-state index is 0.0734. The lowest BCUT2D eigenvalue weighted by atomic mass is 9.86. The molecule has 0 spiro atoms. The molecule has 5 nitrogen and oxygen atoms in total. The molecule has 2 heterocycles. The van der Waals surface area contributed by atoms with E-state index in [0.29, 0.717) is 17.4 Å². The molecule has 0 unspecified atom stereocenters. The van der Waals surface area contributed by atoms with E-state index >= 15 is 0 Å². The van der Waals surface area contributed by atoms with Gasteiger partial charge in [-0.2, -0.15) is 26.3 Å². The van der Waals surface area contributed by atoms with Crippen molar-refractivity contribution in [1.82, 2.24) is 9.55 Å². The summed E-state index contributed by atoms with van der Waals surface area (Å²) in [6.45, 7) is 0.0796. The van der Waals surface area contributed by atoms with Crippen molar-refractivity contribution in [2.24, 2.45) is 5.73 Å². The number of nitrogens with zero attached hydrogens (tertiary/aromatic N) is 2. The van der Waals surface area contributed by atoms with Crippen LogP contribution in [0.1, 0.15) is 22.9 Å². The number of carboxylic acid groups (broad SMARTS) is 1. The Labute approximate surface area is 184 Å². The van der Waals surface area contributed by atoms with Crippen LogP contribution in [0, 0.1) is 17.5 Å². The van der Waals surface area contributed by atoms with Crippen molar-refractivity contribution >= 4 is 17.0 Å². The number of aliphatic carboxylic acids is 1. The summed E-state index contributed by atoms with van der Waals surface area (Å²) >= 11 is 0. The molecule has 0 saturated heterocycles. The minimum Gasteiger partial charge on any atom is -0.475 e. The molecule has 1 aliphatic heterocycles. The summed E-state index contributed by atoms with van der Waals surface area (Å²) in [5, 5.41) is 7.12. The number of carboxylic acids is 1. The van der Waals surface area contributed by atoms with Gasteiger partial charge in [0, 0.05) is 31.0 Å². The Bertz CT molecular complexity index is 1230. The summed E-state index contributed by atoms with van der Waals surface area (Å²) in [6.07, 6.45) is -9.48. The highest BCUT2D eigenvalue weighted by Crippen LogP contribution is 2.36. The zero-order valence-electron chi connectivity index (χ0n) is 16.7. The molecule has 0 saturated carbocycles. The Morgan fingerprint density at radius 1 is 1.00 bits per heavy atom. The normalized spacial score (nSPS) is 18.3. The summed E-state index contributed by atoms with van der Waals surface area (Å²) in [6, 6.07) is 3.73. The molecule has 1 aliphatic rings. The highest BCUT2D eigenvalue weighted by Gasteiger charge is 2.38. The lowest BCUT2D eigenvalue weighted by molar-refractivity contribution is -0.192. The molecule has 0 amide bonds. The molecule has 34 heavy (non-hydrogen) atoms. The number of hydrogen-bond donors (Lipinski definition) is 2. The maximum atomic E-state index is 14.1. The Morgan fingerprint density at radius 2 is 1.59 bits per heavy atom. The van der Waals surface area contributed by atoms with Crippen molar-refractivity contribution in [1.29, 1.82) is 0 Å². The molecule has 0 fully saturated rings. The number of carbonyl (C=O) groups is 1. The second-order valence-electron chi connectivity index (χ2n) is 7.41. The van der Waals surface area contributed by atoms with Crippen molar-refractivity contribution in [3.63, 3.8) is 0 Å². The van der Waals surface area contributed by atoms with E-state index < -0.39 is 53.3 Å². The van der Waals surface area contributed by atoms with Crippen molar-refractivity contribution in [2.75, 3.05) is 0 Å². The van der Waals surface area contributed by atoms with Crippen molar-refractivity contribution in [2.45, 2.75) is 37.3 Å². The first-order valence-corrected chi connectivity index (χ1v) is 9.36. The van der Waals surface area contributed by atoms with Gasteiger partial charge in [-0.3, -0.25) is 0 Å². The number of hydrogen-bond acceptors (Lipinski definition) is 3. The molecule has 2 aromatic carbocycles. The SMILES string of the molecule is N[C@H]1Cn2c(nc3ccc(C(F)(F)F)cc32)C[C@@H]1c1cc(F)c(F)cc1F.O=C(O)C(F)(F)F. The Hall–Kier alpha value is -3.29. The average Bonchev–Trinajstić information content (AvgIpc) is 3.06. The largest absolute Gasteiger partial charge is 0.490 e. The maximum absolute atomic E-state index is 14.1. The molecule has 0 aliphatic carbocycles. The Balaban J connectivity index is 0.000000406. The van der Waals surface area contributed by atoms with Gasteiger partial charge >= 0.3 is 18.3 Å². The molecule has 14 heteroatoms. The van der Waals surface area contributed by atoms with E-state index in [1.54, 1.807) is 4.57 Å². The number of imidazole rings is 1. The van der Waals surface area contributed by atoms with Crippen LogP contribution < -0.4 is 5.73 Å². The number of benzene rings is 2. The summed E-state index contributed by atoms with van der Waals surface area (Å²) in [4.78, 5) is 13.2. The van der Waals surface area contributed by atoms with E-state index in [-0.39, 0.29) is 24.0 Å². The van der Waals surface area contributed by atoms with Gasteiger partial charge in [-0.25, -0.2) is 22.9 Å². The van der Waals surface area contributed by atoms with Gasteiger partial charge in [-0.1, -0.05) is 0 Å². The predicted molar refractivity (Wildman–Crippen MR) is 99.2 cm³/mol. The third-order valence-electron chi connectivity index (χ3n) is 5.15. The fourth-order valence-corrected chi connectivity index (χ4v) is 3.56. The highest BCUT2D eigenvalue weighted by atomic mass is 19.4. The Kier molecular flexibility index (Phi) is 6.57. The van der Waals surface area contributed by atoms with Crippen molar-refractivity contribution in [3.05, 3.63) is 64.7 Å². The summed E-state index contributed by atoms with van der Waals surface area (Å²) in [5.41, 5.74) is 5.86. The number of alkyl halides is 6. The molecule has 2 atom stereocenters. The zero-order chi connectivity index (χ0) is 25.6. The fourth-order valence-electron chi connectivity index (χ4n) is 3.56. The molecule has 4 rings (SSSR count). The van der Waals surface area contributed by atoms with E-state index in [1.165, 1.54) is 6.07 Å². The van der Waals surface area contributed by atoms with Crippen LogP contribution in [0.3, 0.4) is 0 Å². The van der Waals surface area contributed by atoms with Gasteiger partial charge in [0.2, 0.25) is 0 Å². The predicted octanol–water partition coefficient (Wildman–Crippen LogP) is 4.77. The van der Waals surface area contributed by atoms with Crippen LogP contribution in [-0.4, -0.2) is 32.8 Å². The quantitative estimate of drug-likeness (QED) is 0.374. The summed E-state index contributed by atoms with van der Waals surface area (Å²) in [5.74, 6) is -6.42. The maximum Gasteiger partial charge on any atom is 0.490 e. The number of rotatable bonds is 1. The summed E-state index contributed by atoms with van der Waals surface area (Å²) < 4.78 is 113. The van der Waals surface area contributed by atoms with Crippen LogP contribution in [0.2, 0.25) is 0 Å². The standard InChI is InChI=1S/C18H13F6N3.C2HF3O2/c19-11-6-13(21)12(20)4-9(11)10-5-17-26-15-2-1-8(18(22,23)24)3-16(15)27(17)7-14(10)25;3-2(4,5)1(6)7/h1-4,6,10,14H,5,7,25H2;(H,6,7)/t10-,14+;/m1./s1. The zero-order valence-corrected chi connectivity index (χ0v) is 16.7. The lowest BCUT2D eigenvalue weighted by Crippen LogP contribution is -2.39. The fraction of sp³-hybridized carbons (Fsp3) is 0.300. The third-order valence-corrected chi connectivity index (χ3v) is 5.15. The number of aromatic nitrogens is 2. The molecular weight excluding hydrogens is 485 g/mol. The molecule has 3 N–H and O–H groups in total. The number of nitrogens with two attached hydrogens (primary N) is 1. The van der Waals surface area contributed by atoms with E-state index in [1.807, 2.05) is 0 Å². The van der Waals surface area contributed by atoms with E-state index in [2.05, 4.69) is 4.98 Å². The van der Waals surface area contributed by atoms with Gasteiger partial charge in [-0.15, -0.1) is 0 Å². The molecule has 0 radical (unpaired) electrons. The molecular formula is C20H14F9N3O2. The molecule has 1 aromatic heterocycles. The Morgan fingerprint density at radius 3 is 2.15 bits per heavy atom. The minimum atomic E-state index is -5.08. The van der Waals surface area contributed by atoms with Gasteiger partial charge in [0.05, 0.1) is 16.6 Å². The van der Waals surface area contributed by atoms with Gasteiger partial charge in [0.25, 0.3) is 0 Å². The third kappa shape index (κ3) is 5.11. The molecule has 0 bridgehead atoms. The summed E-state index contributed by atoms with van der Waals surface area (Å²) in [7, 11) is 0. The van der Waals surface area contributed by atoms with Crippen LogP contribution >= 0.6 is 0 Å². The van der Waals surface area contributed by atoms with Crippen LogP contribution in [-0.2, 0) is 23.9 Å². The van der Waals surface area contributed by atoms with E-state index in [9.17, 15) is 39.5 Å². The average molecular weight is 499 g/mol. The van der Waals surface area contributed by atoms with E-state index in [0.717, 1.165) is 18.2 Å². The van der Waals surface area contributed by atoms with Crippen molar-refractivity contribution in [3.8, 4) is 0 Å². The molecule has 3 aromatic rings. The molecule has 184 valence electrons. The highest BCUT2D eigenvalue weighted by molar-refractivity contribution is 5.77. The van der Waals surface area contributed by atoms with Gasteiger partial charge in [-0.05, 0) is 29.8 Å². The van der Waals surface area contributed by atoms with Gasteiger partial charge < -0.3 is 15.4 Å². The van der Waals surface area contributed by atoms with Crippen LogP contribution in [0.15, 0.2) is 30.3 Å². The van der Waals surface area contributed by atoms with Gasteiger partial charge in [0.1, 0.15) is 11.6 Å². The van der Waals surface area contributed by atoms with Crippen molar-refractivity contribution < 1.29 is 49.4 Å².